The number of hydrogen-bond donors (Lipinski definition) is 3. The number of nitrogens with two attached hydrogens (primary N) is 1. The summed E-state index contributed by atoms with van der Waals surface area (Å²) in [6.45, 7) is 2.76. The molecule has 0 aromatic carbocycles. The lowest BCUT2D eigenvalue weighted by Crippen LogP contribution is -2.48. The molecule has 0 spiro atoms. The van der Waals surface area contributed by atoms with E-state index in [1.807, 2.05) is 0 Å². The van der Waals surface area contributed by atoms with E-state index >= 15 is 0 Å². The highest BCUT2D eigenvalue weighted by molar-refractivity contribution is 7.92. The molecule has 0 aliphatic rings. The third-order valence-corrected chi connectivity index (χ3v) is 4.31. The maximum Gasteiger partial charge on any atom is 0.240 e. The molecule has 0 unspecified atom stereocenters. The van der Waals surface area contributed by atoms with Gasteiger partial charge >= 0.3 is 0 Å². The van der Waals surface area contributed by atoms with Crippen molar-refractivity contribution in [2.75, 3.05) is 12.8 Å². The zero-order valence-electron chi connectivity index (χ0n) is 9.52. The molecule has 0 aromatic rings. The molecular weight excluding hydrogens is 234 g/mol. The van der Waals surface area contributed by atoms with Gasteiger partial charge in [-0.3, -0.25) is 4.79 Å². The first-order valence-corrected chi connectivity index (χ1v) is 6.46. The quantitative estimate of drug-likeness (QED) is 0.252. The zero-order valence-corrected chi connectivity index (χ0v) is 10.3. The van der Waals surface area contributed by atoms with Crippen LogP contribution in [0.4, 0.5) is 0 Å². The number of amides is 1. The molecule has 0 aliphatic heterocycles. The lowest BCUT2D eigenvalue weighted by molar-refractivity contribution is -0.122. The maximum atomic E-state index is 11.5. The summed E-state index contributed by atoms with van der Waals surface area (Å²) in [6, 6.07) is 0. The summed E-state index contributed by atoms with van der Waals surface area (Å²) in [5, 5.41) is 13.4. The monoisotopic (exact) mass is 251 g/mol. The Morgan fingerprint density at radius 2 is 2.00 bits per heavy atom. The van der Waals surface area contributed by atoms with E-state index in [2.05, 4.69) is 10.5 Å². The number of rotatable bonds is 5. The number of nitrogens with zero attached hydrogens (tertiary/aromatic N) is 1. The van der Waals surface area contributed by atoms with Gasteiger partial charge in [-0.2, -0.15) is 0 Å². The van der Waals surface area contributed by atoms with Gasteiger partial charge in [0.15, 0.2) is 9.84 Å². The standard InChI is InChI=1S/C8H17N3O4S/c1-8(2,16(3,14)15)7(12)10-5-4-6(9)11-13/h13H,4-5H2,1-3H3,(H2,9,11)(H,10,12). The Morgan fingerprint density at radius 3 is 2.38 bits per heavy atom. The molecule has 7 nitrogen and oxygen atoms in total. The highest BCUT2D eigenvalue weighted by Crippen LogP contribution is 2.14. The van der Waals surface area contributed by atoms with Crippen molar-refractivity contribution in [1.29, 1.82) is 0 Å². The predicted molar refractivity (Wildman–Crippen MR) is 60.0 cm³/mol. The molecule has 94 valence electrons. The van der Waals surface area contributed by atoms with E-state index < -0.39 is 20.5 Å². The van der Waals surface area contributed by atoms with Crippen LogP contribution in [-0.4, -0.2) is 42.9 Å². The van der Waals surface area contributed by atoms with Gasteiger partial charge < -0.3 is 16.3 Å². The predicted octanol–water partition coefficient (Wildman–Crippen LogP) is -0.938. The zero-order chi connectivity index (χ0) is 13.0. The summed E-state index contributed by atoms with van der Waals surface area (Å²) in [5.74, 6) is -0.641. The van der Waals surface area contributed by atoms with Crippen LogP contribution in [0.15, 0.2) is 5.16 Å². The molecule has 0 aliphatic carbocycles. The highest BCUT2D eigenvalue weighted by Gasteiger charge is 2.38. The topological polar surface area (TPSA) is 122 Å². The summed E-state index contributed by atoms with van der Waals surface area (Å²) in [5.41, 5.74) is 5.18. The summed E-state index contributed by atoms with van der Waals surface area (Å²) in [4.78, 5) is 11.5. The molecular formula is C8H17N3O4S. The minimum absolute atomic E-state index is 0.0301. The molecule has 0 saturated carbocycles. The third kappa shape index (κ3) is 3.69. The Bertz CT molecular complexity index is 386. The van der Waals surface area contributed by atoms with E-state index in [9.17, 15) is 13.2 Å². The molecule has 4 N–H and O–H groups in total. The Labute approximate surface area is 94.6 Å². The second kappa shape index (κ2) is 5.15. The van der Waals surface area contributed by atoms with Gasteiger partial charge in [0.2, 0.25) is 5.91 Å². The summed E-state index contributed by atoms with van der Waals surface area (Å²) in [7, 11) is -3.48. The molecule has 0 aromatic heterocycles. The second-order valence-corrected chi connectivity index (χ2v) is 6.44. The highest BCUT2D eigenvalue weighted by atomic mass is 32.2. The van der Waals surface area contributed by atoms with Crippen LogP contribution in [0, 0.1) is 0 Å². The fourth-order valence-electron chi connectivity index (χ4n) is 0.735. The van der Waals surface area contributed by atoms with Crippen molar-refractivity contribution < 1.29 is 18.4 Å². The van der Waals surface area contributed by atoms with Crippen LogP contribution in [0.5, 0.6) is 0 Å². The molecule has 8 heteroatoms. The molecule has 0 heterocycles. The molecule has 1 amide bonds. The number of carbonyl (C=O) groups is 1. The largest absolute Gasteiger partial charge is 0.409 e. The second-order valence-electron chi connectivity index (χ2n) is 3.88. The van der Waals surface area contributed by atoms with Crippen LogP contribution in [0.2, 0.25) is 0 Å². The third-order valence-electron chi connectivity index (χ3n) is 2.27. The Morgan fingerprint density at radius 1 is 1.50 bits per heavy atom. The van der Waals surface area contributed by atoms with Gasteiger partial charge in [-0.1, -0.05) is 5.16 Å². The number of carbonyl (C=O) groups excluding carboxylic acids is 1. The first kappa shape index (κ1) is 14.7. The molecule has 0 atom stereocenters. The first-order valence-electron chi connectivity index (χ1n) is 4.57. The van der Waals surface area contributed by atoms with E-state index in [-0.39, 0.29) is 18.8 Å². The average molecular weight is 251 g/mol. The smallest absolute Gasteiger partial charge is 0.240 e. The maximum absolute atomic E-state index is 11.5. The molecule has 0 bridgehead atoms. The molecule has 16 heavy (non-hydrogen) atoms. The Balaban J connectivity index is 4.39. The van der Waals surface area contributed by atoms with Gasteiger partial charge in [-0.05, 0) is 13.8 Å². The van der Waals surface area contributed by atoms with Gasteiger partial charge in [0, 0.05) is 19.2 Å². The van der Waals surface area contributed by atoms with Crippen molar-refractivity contribution in [3.05, 3.63) is 0 Å². The Hall–Kier alpha value is -1.31. The summed E-state index contributed by atoms with van der Waals surface area (Å²) >= 11 is 0. The van der Waals surface area contributed by atoms with E-state index in [1.165, 1.54) is 13.8 Å². The average Bonchev–Trinajstić information content (AvgIpc) is 2.15. The van der Waals surface area contributed by atoms with E-state index in [0.29, 0.717) is 0 Å². The number of oxime groups is 1. The molecule has 0 saturated heterocycles. The van der Waals surface area contributed by atoms with Crippen molar-refractivity contribution in [3.8, 4) is 0 Å². The fourth-order valence-corrected chi connectivity index (χ4v) is 1.14. The van der Waals surface area contributed by atoms with E-state index in [4.69, 9.17) is 10.9 Å². The SMILES string of the molecule is CC(C)(C(=O)NCCC(N)=NO)S(C)(=O)=O. The summed E-state index contributed by atoms with van der Waals surface area (Å²) < 4.78 is 21.1. The molecule has 0 fully saturated rings. The van der Waals surface area contributed by atoms with Crippen molar-refractivity contribution in [2.45, 2.75) is 25.0 Å². The lowest BCUT2D eigenvalue weighted by Gasteiger charge is -2.21. The van der Waals surface area contributed by atoms with E-state index in [0.717, 1.165) is 6.26 Å². The van der Waals surface area contributed by atoms with Crippen LogP contribution in [0.1, 0.15) is 20.3 Å². The van der Waals surface area contributed by atoms with Crippen LogP contribution >= 0.6 is 0 Å². The van der Waals surface area contributed by atoms with Crippen LogP contribution < -0.4 is 11.1 Å². The minimum Gasteiger partial charge on any atom is -0.409 e. The molecule has 0 radical (unpaired) electrons. The van der Waals surface area contributed by atoms with Crippen molar-refractivity contribution in [2.24, 2.45) is 10.9 Å². The minimum atomic E-state index is -3.48. The van der Waals surface area contributed by atoms with Crippen LogP contribution in [0.3, 0.4) is 0 Å². The normalized spacial score (nSPS) is 13.6. The van der Waals surface area contributed by atoms with Gasteiger partial charge in [-0.25, -0.2) is 8.42 Å². The van der Waals surface area contributed by atoms with Crippen molar-refractivity contribution in [1.82, 2.24) is 5.32 Å². The lowest BCUT2D eigenvalue weighted by atomic mass is 10.2. The number of nitrogens with one attached hydrogen (secondary N) is 1. The van der Waals surface area contributed by atoms with Gasteiger partial charge in [0.25, 0.3) is 0 Å². The molecule has 0 rings (SSSR count). The Kier molecular flexibility index (Phi) is 4.73. The van der Waals surface area contributed by atoms with Crippen LogP contribution in [0.25, 0.3) is 0 Å². The summed E-state index contributed by atoms with van der Waals surface area (Å²) in [6.07, 6.45) is 1.15. The van der Waals surface area contributed by atoms with Gasteiger partial charge in [0.05, 0.1) is 0 Å². The van der Waals surface area contributed by atoms with E-state index in [1.54, 1.807) is 0 Å². The van der Waals surface area contributed by atoms with Crippen molar-refractivity contribution >= 4 is 21.6 Å². The van der Waals surface area contributed by atoms with Gasteiger partial charge in [0.1, 0.15) is 10.6 Å². The van der Waals surface area contributed by atoms with Crippen LogP contribution in [-0.2, 0) is 14.6 Å². The van der Waals surface area contributed by atoms with Gasteiger partial charge in [-0.15, -0.1) is 0 Å². The fraction of sp³-hybridized carbons (Fsp3) is 0.750. The number of sulfone groups is 1. The van der Waals surface area contributed by atoms with Crippen molar-refractivity contribution in [3.63, 3.8) is 0 Å². The number of hydrogen-bond acceptors (Lipinski definition) is 5. The first-order chi connectivity index (χ1) is 7.13. The number of amidine groups is 1.